The largest absolute Gasteiger partial charge is 0.441 e. The predicted molar refractivity (Wildman–Crippen MR) is 66.0 cm³/mol. The fraction of sp³-hybridized carbons (Fsp3) is 0.500. The van der Waals surface area contributed by atoms with Crippen molar-refractivity contribution in [2.75, 3.05) is 12.3 Å². The van der Waals surface area contributed by atoms with E-state index in [4.69, 9.17) is 0 Å². The molecule has 96 valence electrons. The van der Waals surface area contributed by atoms with Crippen molar-refractivity contribution in [3.8, 4) is 0 Å². The first-order chi connectivity index (χ1) is 8.03. The quantitative estimate of drug-likeness (QED) is 0.779. The van der Waals surface area contributed by atoms with Crippen molar-refractivity contribution in [1.29, 1.82) is 0 Å². The molecule has 0 aliphatic carbocycles. The minimum atomic E-state index is -4.13. The molecule has 17 heavy (non-hydrogen) atoms. The molecular weight excluding hydrogens is 247 g/mol. The minimum Gasteiger partial charge on any atom is -0.309 e. The van der Waals surface area contributed by atoms with Crippen LogP contribution in [-0.2, 0) is 0 Å². The van der Waals surface area contributed by atoms with Crippen LogP contribution in [0.5, 0.6) is 0 Å². The van der Waals surface area contributed by atoms with Gasteiger partial charge in [0.05, 0.1) is 0 Å². The fourth-order valence-corrected chi connectivity index (χ4v) is 2.03. The van der Waals surface area contributed by atoms with Gasteiger partial charge >= 0.3 is 5.51 Å². The number of rotatable bonds is 6. The van der Waals surface area contributed by atoms with Crippen molar-refractivity contribution in [3.63, 3.8) is 0 Å². The van der Waals surface area contributed by atoms with Gasteiger partial charge in [0.25, 0.3) is 0 Å². The maximum atomic E-state index is 11.9. The van der Waals surface area contributed by atoms with E-state index in [2.05, 4.69) is 5.32 Å². The monoisotopic (exact) mass is 263 g/mol. The number of alkyl halides is 3. The molecule has 0 radical (unpaired) electrons. The van der Waals surface area contributed by atoms with Gasteiger partial charge in [-0.15, -0.1) is 0 Å². The summed E-state index contributed by atoms with van der Waals surface area (Å²) in [6.45, 7) is 2.37. The summed E-state index contributed by atoms with van der Waals surface area (Å²) in [5.74, 6) is 0.0484. The second-order valence-corrected chi connectivity index (χ2v) is 4.78. The molecule has 5 heteroatoms. The Kier molecular flexibility index (Phi) is 5.85. The summed E-state index contributed by atoms with van der Waals surface area (Å²) in [6.07, 6.45) is 0.862. The highest BCUT2D eigenvalue weighted by Gasteiger charge is 2.27. The zero-order chi connectivity index (χ0) is 12.7. The normalized spacial score (nSPS) is 13.6. The first-order valence-corrected chi connectivity index (χ1v) is 6.50. The molecule has 0 heterocycles. The molecule has 1 nitrogen and oxygen atoms in total. The maximum absolute atomic E-state index is 11.9. The lowest BCUT2D eigenvalue weighted by atomic mass is 10.1. The molecule has 0 fully saturated rings. The van der Waals surface area contributed by atoms with Gasteiger partial charge in [-0.2, -0.15) is 13.2 Å². The van der Waals surface area contributed by atoms with E-state index in [-0.39, 0.29) is 23.6 Å². The van der Waals surface area contributed by atoms with Gasteiger partial charge in [-0.25, -0.2) is 0 Å². The van der Waals surface area contributed by atoms with Crippen LogP contribution in [0.15, 0.2) is 30.3 Å². The van der Waals surface area contributed by atoms with E-state index in [9.17, 15) is 13.2 Å². The molecule has 1 aromatic carbocycles. The average Bonchev–Trinajstić information content (AvgIpc) is 2.29. The van der Waals surface area contributed by atoms with Crippen LogP contribution in [-0.4, -0.2) is 17.8 Å². The van der Waals surface area contributed by atoms with Crippen molar-refractivity contribution in [3.05, 3.63) is 35.9 Å². The van der Waals surface area contributed by atoms with Crippen molar-refractivity contribution in [1.82, 2.24) is 5.32 Å². The van der Waals surface area contributed by atoms with E-state index >= 15 is 0 Å². The molecule has 0 saturated heterocycles. The Morgan fingerprint density at radius 2 is 1.88 bits per heavy atom. The summed E-state index contributed by atoms with van der Waals surface area (Å²) in [4.78, 5) is 0. The number of halogens is 3. The lowest BCUT2D eigenvalue weighted by Crippen LogP contribution is -2.24. The highest BCUT2D eigenvalue weighted by Crippen LogP contribution is 2.29. The van der Waals surface area contributed by atoms with Crippen LogP contribution < -0.4 is 5.32 Å². The molecule has 0 saturated carbocycles. The average molecular weight is 263 g/mol. The lowest BCUT2D eigenvalue weighted by molar-refractivity contribution is -0.0327. The number of thioether (sulfide) groups is 1. The number of benzene rings is 1. The van der Waals surface area contributed by atoms with Gasteiger partial charge in [0.15, 0.2) is 0 Å². The van der Waals surface area contributed by atoms with Crippen molar-refractivity contribution >= 4 is 11.8 Å². The van der Waals surface area contributed by atoms with E-state index in [0.29, 0.717) is 6.54 Å². The van der Waals surface area contributed by atoms with Crippen LogP contribution in [0.3, 0.4) is 0 Å². The number of hydrogen-bond donors (Lipinski definition) is 1. The van der Waals surface area contributed by atoms with E-state index in [0.717, 1.165) is 12.0 Å². The van der Waals surface area contributed by atoms with Gasteiger partial charge in [-0.1, -0.05) is 37.3 Å². The third-order valence-corrected chi connectivity index (χ3v) is 3.10. The Morgan fingerprint density at radius 1 is 1.24 bits per heavy atom. The Bertz CT molecular complexity index is 313. The summed E-state index contributed by atoms with van der Waals surface area (Å²) in [5.41, 5.74) is -3.01. The molecule has 0 aliphatic rings. The summed E-state index contributed by atoms with van der Waals surface area (Å²) in [5, 5.41) is 3.14. The first-order valence-electron chi connectivity index (χ1n) is 5.52. The van der Waals surface area contributed by atoms with E-state index < -0.39 is 5.51 Å². The SMILES string of the molecule is CCC(NCCSC(F)(F)F)c1ccccc1. The molecule has 0 spiro atoms. The standard InChI is InChI=1S/C12H16F3NS/c1-2-11(10-6-4-3-5-7-10)16-8-9-17-12(13,14)15/h3-7,11,16H,2,8-9H2,1H3. The van der Waals surface area contributed by atoms with E-state index in [1.54, 1.807) is 0 Å². The zero-order valence-corrected chi connectivity index (χ0v) is 10.4. The molecule has 1 aromatic rings. The topological polar surface area (TPSA) is 12.0 Å². The van der Waals surface area contributed by atoms with Crippen LogP contribution in [0.1, 0.15) is 24.9 Å². The van der Waals surface area contributed by atoms with Crippen LogP contribution in [0, 0.1) is 0 Å². The molecule has 1 atom stereocenters. The zero-order valence-electron chi connectivity index (χ0n) is 9.63. The second-order valence-electron chi connectivity index (χ2n) is 3.62. The molecule has 0 bridgehead atoms. The van der Waals surface area contributed by atoms with Gasteiger partial charge in [-0.3, -0.25) is 0 Å². The summed E-state index contributed by atoms with van der Waals surface area (Å²) < 4.78 is 35.8. The second kappa shape index (κ2) is 6.91. The van der Waals surface area contributed by atoms with Gasteiger partial charge in [0.2, 0.25) is 0 Å². The van der Waals surface area contributed by atoms with Gasteiger partial charge in [0, 0.05) is 18.3 Å². The predicted octanol–water partition coefficient (Wildman–Crippen LogP) is 3.98. The van der Waals surface area contributed by atoms with Gasteiger partial charge in [0.1, 0.15) is 0 Å². The van der Waals surface area contributed by atoms with Crippen LogP contribution in [0.2, 0.25) is 0 Å². The van der Waals surface area contributed by atoms with Crippen LogP contribution in [0.25, 0.3) is 0 Å². The first kappa shape index (κ1) is 14.4. The Hall–Kier alpha value is -0.680. The van der Waals surface area contributed by atoms with Crippen molar-refractivity contribution in [2.24, 2.45) is 0 Å². The highest BCUT2D eigenvalue weighted by atomic mass is 32.2. The van der Waals surface area contributed by atoms with Crippen LogP contribution >= 0.6 is 11.8 Å². The highest BCUT2D eigenvalue weighted by molar-refractivity contribution is 8.00. The Morgan fingerprint density at radius 3 is 2.41 bits per heavy atom. The molecule has 1 unspecified atom stereocenters. The smallest absolute Gasteiger partial charge is 0.309 e. The van der Waals surface area contributed by atoms with Gasteiger partial charge in [-0.05, 0) is 23.7 Å². The number of nitrogens with one attached hydrogen (secondary N) is 1. The summed E-state index contributed by atoms with van der Waals surface area (Å²) in [7, 11) is 0. The molecular formula is C12H16F3NS. The number of hydrogen-bond acceptors (Lipinski definition) is 2. The Balaban J connectivity index is 2.34. The summed E-state index contributed by atoms with van der Waals surface area (Å²) in [6, 6.07) is 9.89. The van der Waals surface area contributed by atoms with Crippen molar-refractivity contribution < 1.29 is 13.2 Å². The van der Waals surface area contributed by atoms with E-state index in [1.165, 1.54) is 0 Å². The lowest BCUT2D eigenvalue weighted by Gasteiger charge is -2.17. The third kappa shape index (κ3) is 5.98. The van der Waals surface area contributed by atoms with E-state index in [1.807, 2.05) is 37.3 Å². The maximum Gasteiger partial charge on any atom is 0.441 e. The minimum absolute atomic E-state index is 0.0187. The third-order valence-electron chi connectivity index (χ3n) is 2.37. The molecule has 0 amide bonds. The molecule has 1 N–H and O–H groups in total. The van der Waals surface area contributed by atoms with Crippen molar-refractivity contribution in [2.45, 2.75) is 24.9 Å². The molecule has 1 rings (SSSR count). The van der Waals surface area contributed by atoms with Gasteiger partial charge < -0.3 is 5.32 Å². The molecule has 0 aliphatic heterocycles. The Labute approximate surface area is 104 Å². The fourth-order valence-electron chi connectivity index (χ4n) is 1.58. The summed E-state index contributed by atoms with van der Waals surface area (Å²) >= 11 is 0.0187. The van der Waals surface area contributed by atoms with Crippen LogP contribution in [0.4, 0.5) is 13.2 Å². The molecule has 0 aromatic heterocycles.